The Hall–Kier alpha value is -2.08. The third-order valence-corrected chi connectivity index (χ3v) is 6.19. The predicted octanol–water partition coefficient (Wildman–Crippen LogP) is 4.08. The molecule has 1 aromatic carbocycles. The maximum Gasteiger partial charge on any atom is 0.265 e. The lowest BCUT2D eigenvalue weighted by Crippen LogP contribution is -2.37. The van der Waals surface area contributed by atoms with E-state index in [2.05, 4.69) is 51.0 Å². The van der Waals surface area contributed by atoms with E-state index in [0.29, 0.717) is 10.9 Å². The molecule has 3 aromatic rings. The fourth-order valence-electron chi connectivity index (χ4n) is 3.95. The van der Waals surface area contributed by atoms with Crippen molar-refractivity contribution in [1.82, 2.24) is 19.2 Å². The quantitative estimate of drug-likeness (QED) is 0.654. The lowest BCUT2D eigenvalue weighted by atomic mass is 9.69. The van der Waals surface area contributed by atoms with E-state index in [1.54, 1.807) is 4.40 Å². The van der Waals surface area contributed by atoms with E-state index in [0.717, 1.165) is 29.7 Å². The van der Waals surface area contributed by atoms with Crippen LogP contribution in [0, 0.1) is 0 Å². The van der Waals surface area contributed by atoms with Crippen molar-refractivity contribution >= 4 is 17.5 Å². The van der Waals surface area contributed by atoms with Gasteiger partial charge < -0.3 is 0 Å². The van der Waals surface area contributed by atoms with Crippen molar-refractivity contribution < 1.29 is 0 Å². The normalized spacial score (nSPS) is 19.0. The van der Waals surface area contributed by atoms with Crippen molar-refractivity contribution in [3.8, 4) is 11.3 Å². The van der Waals surface area contributed by atoms with Crippen LogP contribution in [-0.4, -0.2) is 25.4 Å². The summed E-state index contributed by atoms with van der Waals surface area (Å²) in [6, 6.07) is 8.46. The van der Waals surface area contributed by atoms with Gasteiger partial charge in [-0.1, -0.05) is 49.9 Å². The molecule has 1 aliphatic rings. The molecular formula is C20H24N4OS. The molecule has 1 atom stereocenters. The molecule has 2 aromatic heterocycles. The van der Waals surface area contributed by atoms with Gasteiger partial charge >= 0.3 is 0 Å². The average molecular weight is 369 g/mol. The fourth-order valence-corrected chi connectivity index (χ4v) is 4.47. The Balaban J connectivity index is 2.19. The number of aromatic nitrogens is 4. The second-order valence-electron chi connectivity index (χ2n) is 7.55. The molecule has 0 spiro atoms. The minimum atomic E-state index is -0.218. The summed E-state index contributed by atoms with van der Waals surface area (Å²) in [5, 5.41) is 5.35. The fraction of sp³-hybridized carbons (Fsp3) is 0.450. The van der Waals surface area contributed by atoms with Crippen molar-refractivity contribution in [2.24, 2.45) is 0 Å². The lowest BCUT2D eigenvalue weighted by Gasteiger charge is -2.35. The van der Waals surface area contributed by atoms with Crippen LogP contribution in [0.2, 0.25) is 0 Å². The van der Waals surface area contributed by atoms with Crippen LogP contribution in [0.25, 0.3) is 17.0 Å². The zero-order chi connectivity index (χ0) is 18.6. The first kappa shape index (κ1) is 17.3. The number of rotatable bonds is 3. The van der Waals surface area contributed by atoms with E-state index in [4.69, 9.17) is 4.98 Å². The first-order chi connectivity index (χ1) is 12.4. The summed E-state index contributed by atoms with van der Waals surface area (Å²) in [5.41, 5.74) is 3.81. The lowest BCUT2D eigenvalue weighted by molar-refractivity contribution is 0.439. The Bertz CT molecular complexity index is 1070. The standard InChI is InChI=1S/C20H24N4OS/c1-6-20(4)11-13-9-7-8-10-14(13)16-15(20)17(25)23-18(21-16)24(12(2)3)22-19(23)26-5/h7-10,12H,6,11H2,1-5H3/t20-/m1/s1. The van der Waals surface area contributed by atoms with Gasteiger partial charge in [-0.25, -0.2) is 14.1 Å². The average Bonchev–Trinajstić information content (AvgIpc) is 3.01. The molecule has 0 unspecified atom stereocenters. The number of benzene rings is 1. The first-order valence-corrected chi connectivity index (χ1v) is 10.3. The molecule has 6 heteroatoms. The predicted molar refractivity (Wildman–Crippen MR) is 106 cm³/mol. The van der Waals surface area contributed by atoms with Gasteiger partial charge in [0.15, 0.2) is 5.16 Å². The number of fused-ring (bicyclic) bond motifs is 4. The Morgan fingerprint density at radius 1 is 1.31 bits per heavy atom. The Morgan fingerprint density at radius 2 is 2.04 bits per heavy atom. The molecule has 0 bridgehead atoms. The van der Waals surface area contributed by atoms with Gasteiger partial charge in [0, 0.05) is 11.0 Å². The number of nitrogens with zero attached hydrogens (tertiary/aromatic N) is 4. The van der Waals surface area contributed by atoms with Gasteiger partial charge in [0.1, 0.15) is 0 Å². The molecular weight excluding hydrogens is 344 g/mol. The smallest absolute Gasteiger partial charge is 0.265 e. The van der Waals surface area contributed by atoms with Gasteiger partial charge in [-0.05, 0) is 38.5 Å². The second-order valence-corrected chi connectivity index (χ2v) is 8.32. The molecule has 1 aliphatic carbocycles. The highest BCUT2D eigenvalue weighted by Gasteiger charge is 2.38. The summed E-state index contributed by atoms with van der Waals surface area (Å²) in [6.07, 6.45) is 3.71. The Morgan fingerprint density at radius 3 is 2.69 bits per heavy atom. The molecule has 0 saturated carbocycles. The summed E-state index contributed by atoms with van der Waals surface area (Å²) in [4.78, 5) is 18.6. The van der Waals surface area contributed by atoms with Crippen LogP contribution >= 0.6 is 11.8 Å². The van der Waals surface area contributed by atoms with Crippen LogP contribution in [0.4, 0.5) is 0 Å². The van der Waals surface area contributed by atoms with Gasteiger partial charge in [-0.15, -0.1) is 5.10 Å². The van der Waals surface area contributed by atoms with Gasteiger partial charge in [0.2, 0.25) is 5.78 Å². The highest BCUT2D eigenvalue weighted by molar-refractivity contribution is 7.98. The minimum absolute atomic E-state index is 0.0279. The van der Waals surface area contributed by atoms with Crippen LogP contribution in [0.1, 0.15) is 51.3 Å². The molecule has 4 rings (SSSR count). The van der Waals surface area contributed by atoms with Gasteiger partial charge in [-0.3, -0.25) is 4.79 Å². The summed E-state index contributed by atoms with van der Waals surface area (Å²) in [5.74, 6) is 0.628. The maximum atomic E-state index is 13.6. The van der Waals surface area contributed by atoms with Crippen molar-refractivity contribution in [2.45, 2.75) is 57.1 Å². The van der Waals surface area contributed by atoms with Crippen LogP contribution in [0.5, 0.6) is 0 Å². The molecule has 0 amide bonds. The zero-order valence-electron chi connectivity index (χ0n) is 15.9. The Kier molecular flexibility index (Phi) is 3.99. The summed E-state index contributed by atoms with van der Waals surface area (Å²) in [6.45, 7) is 8.46. The highest BCUT2D eigenvalue weighted by atomic mass is 32.2. The molecule has 0 saturated heterocycles. The summed E-state index contributed by atoms with van der Waals surface area (Å²) >= 11 is 1.49. The number of thioether (sulfide) groups is 1. The van der Waals surface area contributed by atoms with E-state index in [-0.39, 0.29) is 17.0 Å². The van der Waals surface area contributed by atoms with Crippen molar-refractivity contribution in [3.05, 3.63) is 45.7 Å². The van der Waals surface area contributed by atoms with Crippen LogP contribution in [0.15, 0.2) is 34.2 Å². The van der Waals surface area contributed by atoms with Crippen molar-refractivity contribution in [3.63, 3.8) is 0 Å². The molecule has 136 valence electrons. The summed E-state index contributed by atoms with van der Waals surface area (Å²) < 4.78 is 3.55. The molecule has 0 radical (unpaired) electrons. The maximum absolute atomic E-state index is 13.6. The van der Waals surface area contributed by atoms with Crippen molar-refractivity contribution in [2.75, 3.05) is 6.26 Å². The van der Waals surface area contributed by atoms with Crippen LogP contribution in [0.3, 0.4) is 0 Å². The molecule has 5 nitrogen and oxygen atoms in total. The largest absolute Gasteiger partial charge is 0.268 e. The third kappa shape index (κ3) is 2.28. The van der Waals surface area contributed by atoms with E-state index in [1.165, 1.54) is 17.3 Å². The van der Waals surface area contributed by atoms with E-state index >= 15 is 0 Å². The van der Waals surface area contributed by atoms with E-state index in [1.807, 2.05) is 17.0 Å². The second kappa shape index (κ2) is 5.98. The number of hydrogen-bond acceptors (Lipinski definition) is 4. The Labute approximate surface area is 157 Å². The monoisotopic (exact) mass is 368 g/mol. The summed E-state index contributed by atoms with van der Waals surface area (Å²) in [7, 11) is 0. The molecule has 26 heavy (non-hydrogen) atoms. The van der Waals surface area contributed by atoms with Gasteiger partial charge in [0.05, 0.1) is 17.3 Å². The van der Waals surface area contributed by atoms with Gasteiger partial charge in [0.25, 0.3) is 5.56 Å². The molecule has 0 N–H and O–H groups in total. The molecule has 0 aliphatic heterocycles. The first-order valence-electron chi connectivity index (χ1n) is 9.09. The highest BCUT2D eigenvalue weighted by Crippen LogP contribution is 2.42. The van der Waals surface area contributed by atoms with Crippen LogP contribution in [-0.2, 0) is 11.8 Å². The van der Waals surface area contributed by atoms with E-state index in [9.17, 15) is 4.79 Å². The molecule has 0 fully saturated rings. The zero-order valence-corrected chi connectivity index (χ0v) is 16.7. The van der Waals surface area contributed by atoms with E-state index < -0.39 is 0 Å². The van der Waals surface area contributed by atoms with Crippen molar-refractivity contribution in [1.29, 1.82) is 0 Å². The minimum Gasteiger partial charge on any atom is -0.268 e. The molecule has 2 heterocycles. The van der Waals surface area contributed by atoms with Gasteiger partial charge in [-0.2, -0.15) is 0 Å². The topological polar surface area (TPSA) is 52.2 Å². The number of hydrogen-bond donors (Lipinski definition) is 0. The SMILES string of the molecule is CC[C@]1(C)Cc2ccccc2-c2nc3n(C(C)C)nc(SC)n3c(=O)c21. The third-order valence-electron chi connectivity index (χ3n) is 5.56. The van der Waals surface area contributed by atoms with Crippen LogP contribution < -0.4 is 5.56 Å².